The molecule has 5 heteroatoms. The fourth-order valence-corrected chi connectivity index (χ4v) is 3.64. The van der Waals surface area contributed by atoms with Crippen LogP contribution in [0.4, 0.5) is 5.69 Å². The van der Waals surface area contributed by atoms with Gasteiger partial charge in [-0.2, -0.15) is 0 Å². The molecule has 0 spiro atoms. The van der Waals surface area contributed by atoms with Crippen LogP contribution < -0.4 is 4.90 Å². The first-order valence-electron chi connectivity index (χ1n) is 8.71. The summed E-state index contributed by atoms with van der Waals surface area (Å²) in [6.07, 6.45) is 0. The number of carbonyl (C=O) groups is 2. The van der Waals surface area contributed by atoms with Crippen LogP contribution >= 0.6 is 0 Å². The van der Waals surface area contributed by atoms with Crippen molar-refractivity contribution in [3.05, 3.63) is 54.0 Å². The highest BCUT2D eigenvalue weighted by atomic mass is 16.4. The molecule has 5 nitrogen and oxygen atoms in total. The van der Waals surface area contributed by atoms with Gasteiger partial charge in [-0.1, -0.05) is 24.3 Å². The monoisotopic (exact) mass is 361 g/mol. The third kappa shape index (κ3) is 2.63. The minimum atomic E-state index is -0.339. The van der Waals surface area contributed by atoms with Crippen molar-refractivity contribution in [3.63, 3.8) is 0 Å². The van der Waals surface area contributed by atoms with E-state index < -0.39 is 0 Å². The minimum absolute atomic E-state index is 0.339. The number of furan rings is 2. The van der Waals surface area contributed by atoms with Gasteiger partial charge in [-0.25, -0.2) is 4.90 Å². The molecule has 0 fully saturated rings. The molecule has 0 saturated heterocycles. The van der Waals surface area contributed by atoms with Gasteiger partial charge in [0.1, 0.15) is 22.9 Å². The molecule has 27 heavy (non-hydrogen) atoms. The second-order valence-corrected chi connectivity index (χ2v) is 6.65. The van der Waals surface area contributed by atoms with Crippen LogP contribution in [0.3, 0.4) is 0 Å². The zero-order valence-electron chi connectivity index (χ0n) is 15.6. The van der Waals surface area contributed by atoms with Gasteiger partial charge in [0, 0.05) is 24.6 Å². The Labute approximate surface area is 156 Å². The zero-order valence-corrected chi connectivity index (χ0v) is 15.6. The summed E-state index contributed by atoms with van der Waals surface area (Å²) in [6, 6.07) is 13.3. The number of anilines is 1. The van der Waals surface area contributed by atoms with Gasteiger partial charge < -0.3 is 8.83 Å². The normalized spacial score (nSPS) is 11.3. The molecule has 136 valence electrons. The van der Waals surface area contributed by atoms with Gasteiger partial charge in [0.25, 0.3) is 0 Å². The van der Waals surface area contributed by atoms with Crippen molar-refractivity contribution in [2.75, 3.05) is 4.90 Å². The number of carbonyl (C=O) groups excluding carboxylic acids is 2. The fraction of sp³-hybridized carbons (Fsp3) is 0.182. The average molecular weight is 361 g/mol. The lowest BCUT2D eigenvalue weighted by atomic mass is 9.97. The number of rotatable bonds is 2. The first-order valence-corrected chi connectivity index (χ1v) is 8.71. The smallest absolute Gasteiger partial charge is 0.230 e. The molecule has 4 aromatic rings. The number of imide groups is 1. The number of hydrogen-bond donors (Lipinski definition) is 0. The van der Waals surface area contributed by atoms with Crippen LogP contribution in [-0.2, 0) is 9.59 Å². The van der Waals surface area contributed by atoms with Gasteiger partial charge in [-0.05, 0) is 37.4 Å². The van der Waals surface area contributed by atoms with Gasteiger partial charge in [0.15, 0.2) is 0 Å². The van der Waals surface area contributed by atoms with Gasteiger partial charge in [-0.3, -0.25) is 9.59 Å². The first kappa shape index (κ1) is 17.1. The fourth-order valence-electron chi connectivity index (χ4n) is 3.64. The van der Waals surface area contributed by atoms with E-state index in [9.17, 15) is 9.59 Å². The summed E-state index contributed by atoms with van der Waals surface area (Å²) in [6.45, 7) is 6.51. The van der Waals surface area contributed by atoms with Crippen molar-refractivity contribution in [3.8, 4) is 11.3 Å². The summed E-state index contributed by atoms with van der Waals surface area (Å²) in [4.78, 5) is 25.8. The summed E-state index contributed by atoms with van der Waals surface area (Å²) in [5.41, 5.74) is 1.96. The van der Waals surface area contributed by atoms with Crippen molar-refractivity contribution in [1.29, 1.82) is 0 Å². The lowest BCUT2D eigenvalue weighted by Gasteiger charge is -2.21. The SMILES string of the molecule is CC(=O)N(C(C)=O)c1c2ccccc2c(-c2ccc(C)o2)c2oc(C)cc12. The molecule has 2 amide bonds. The summed E-state index contributed by atoms with van der Waals surface area (Å²) < 4.78 is 11.9. The molecule has 2 heterocycles. The van der Waals surface area contributed by atoms with Gasteiger partial charge in [-0.15, -0.1) is 0 Å². The number of nitrogens with zero attached hydrogens (tertiary/aromatic N) is 1. The molecule has 0 atom stereocenters. The van der Waals surface area contributed by atoms with Crippen LogP contribution in [0.15, 0.2) is 51.3 Å². The minimum Gasteiger partial charge on any atom is -0.461 e. The predicted octanol–water partition coefficient (Wildman–Crippen LogP) is 5.36. The Kier molecular flexibility index (Phi) is 3.88. The van der Waals surface area contributed by atoms with Crippen LogP contribution in [-0.4, -0.2) is 11.8 Å². The Morgan fingerprint density at radius 2 is 1.48 bits per heavy atom. The van der Waals surface area contributed by atoms with Gasteiger partial charge in [0.05, 0.1) is 11.3 Å². The predicted molar refractivity (Wildman–Crippen MR) is 105 cm³/mol. The van der Waals surface area contributed by atoms with Crippen molar-refractivity contribution in [2.24, 2.45) is 0 Å². The van der Waals surface area contributed by atoms with E-state index in [1.54, 1.807) is 0 Å². The molecule has 0 bridgehead atoms. The number of benzene rings is 2. The van der Waals surface area contributed by atoms with Crippen molar-refractivity contribution in [1.82, 2.24) is 0 Å². The quantitative estimate of drug-likeness (QED) is 0.482. The lowest BCUT2D eigenvalue weighted by molar-refractivity contribution is -0.124. The molecule has 4 rings (SSSR count). The summed E-state index contributed by atoms with van der Waals surface area (Å²) in [5, 5.41) is 2.36. The Bertz CT molecular complexity index is 1200. The third-order valence-electron chi connectivity index (χ3n) is 4.63. The molecular formula is C22H19NO4. The van der Waals surface area contributed by atoms with E-state index in [0.29, 0.717) is 28.2 Å². The van der Waals surface area contributed by atoms with Crippen molar-refractivity contribution < 1.29 is 18.4 Å². The van der Waals surface area contributed by atoms with Crippen LogP contribution in [0.1, 0.15) is 25.4 Å². The Balaban J connectivity index is 2.23. The second-order valence-electron chi connectivity index (χ2n) is 6.65. The average Bonchev–Trinajstić information content (AvgIpc) is 3.19. The topological polar surface area (TPSA) is 63.7 Å². The molecule has 0 radical (unpaired) electrons. The number of amides is 2. The Morgan fingerprint density at radius 1 is 0.815 bits per heavy atom. The van der Waals surface area contributed by atoms with E-state index in [4.69, 9.17) is 8.83 Å². The third-order valence-corrected chi connectivity index (χ3v) is 4.63. The number of fused-ring (bicyclic) bond motifs is 2. The molecule has 0 aliphatic carbocycles. The maximum Gasteiger partial charge on any atom is 0.230 e. The number of aryl methyl sites for hydroxylation is 2. The maximum absolute atomic E-state index is 12.3. The van der Waals surface area contributed by atoms with E-state index in [1.165, 1.54) is 18.7 Å². The largest absolute Gasteiger partial charge is 0.461 e. The highest BCUT2D eigenvalue weighted by molar-refractivity contribution is 6.27. The lowest BCUT2D eigenvalue weighted by Crippen LogP contribution is -2.33. The summed E-state index contributed by atoms with van der Waals surface area (Å²) in [5.74, 6) is 1.50. The van der Waals surface area contributed by atoms with Gasteiger partial charge in [0.2, 0.25) is 11.8 Å². The second kappa shape index (κ2) is 6.13. The van der Waals surface area contributed by atoms with E-state index in [-0.39, 0.29) is 11.8 Å². The van der Waals surface area contributed by atoms with Gasteiger partial charge >= 0.3 is 0 Å². The molecule has 0 saturated carbocycles. The maximum atomic E-state index is 12.3. The Morgan fingerprint density at radius 3 is 2.07 bits per heavy atom. The van der Waals surface area contributed by atoms with E-state index in [1.807, 2.05) is 56.3 Å². The first-order chi connectivity index (χ1) is 12.9. The van der Waals surface area contributed by atoms with E-state index in [0.717, 1.165) is 22.1 Å². The highest BCUT2D eigenvalue weighted by Gasteiger charge is 2.27. The number of hydrogen-bond acceptors (Lipinski definition) is 4. The van der Waals surface area contributed by atoms with Crippen molar-refractivity contribution >= 4 is 39.2 Å². The van der Waals surface area contributed by atoms with Crippen LogP contribution in [0.25, 0.3) is 33.1 Å². The zero-order chi connectivity index (χ0) is 19.3. The molecule has 0 aliphatic heterocycles. The molecule has 0 aliphatic rings. The molecule has 0 N–H and O–H groups in total. The molecule has 0 unspecified atom stereocenters. The Hall–Kier alpha value is -3.34. The van der Waals surface area contributed by atoms with Crippen LogP contribution in [0.2, 0.25) is 0 Å². The van der Waals surface area contributed by atoms with Crippen molar-refractivity contribution in [2.45, 2.75) is 27.7 Å². The highest BCUT2D eigenvalue weighted by Crippen LogP contribution is 2.45. The van der Waals surface area contributed by atoms with E-state index >= 15 is 0 Å². The van der Waals surface area contributed by atoms with Crippen LogP contribution in [0.5, 0.6) is 0 Å². The summed E-state index contributed by atoms with van der Waals surface area (Å²) >= 11 is 0. The molecular weight excluding hydrogens is 342 g/mol. The molecule has 2 aromatic carbocycles. The summed E-state index contributed by atoms with van der Waals surface area (Å²) in [7, 11) is 0. The van der Waals surface area contributed by atoms with Crippen LogP contribution in [0, 0.1) is 13.8 Å². The molecule has 2 aromatic heterocycles. The van der Waals surface area contributed by atoms with E-state index in [2.05, 4.69) is 0 Å². The standard InChI is InChI=1S/C22H19NO4/c1-12-9-10-19(26-12)20-16-7-5-6-8-17(16)21(23(14(3)24)15(4)25)18-11-13(2)27-22(18)20/h5-11H,1-4H3.